The zero-order valence-electron chi connectivity index (χ0n) is 11.5. The van der Waals surface area contributed by atoms with Crippen LogP contribution in [0.15, 0.2) is 18.2 Å². The monoisotopic (exact) mass is 272 g/mol. The molecule has 0 unspecified atom stereocenters. The number of rotatable bonds is 2. The molecule has 0 heterocycles. The highest BCUT2D eigenvalue weighted by molar-refractivity contribution is 6.09. The quantitative estimate of drug-likeness (QED) is 0.912. The molecule has 0 fully saturated rings. The van der Waals surface area contributed by atoms with E-state index in [4.69, 9.17) is 9.47 Å². The Labute approximate surface area is 116 Å². The standard InChI is InChI=1S/C16H16O4/c1-19-13-8-11(17)7-10-6-9-4-3-5-12(18)14(9)16(20-2)15(10)13/h6-8,17H,3-5H2,1-2H3. The van der Waals surface area contributed by atoms with Crippen LogP contribution in [0.4, 0.5) is 0 Å². The Morgan fingerprint density at radius 2 is 1.90 bits per heavy atom. The van der Waals surface area contributed by atoms with Crippen LogP contribution < -0.4 is 9.47 Å². The summed E-state index contributed by atoms with van der Waals surface area (Å²) in [5.74, 6) is 1.32. The molecule has 1 N–H and O–H groups in total. The molecule has 104 valence electrons. The van der Waals surface area contributed by atoms with Gasteiger partial charge in [-0.1, -0.05) is 0 Å². The highest BCUT2D eigenvalue weighted by Crippen LogP contribution is 2.42. The number of ketones is 1. The Hall–Kier alpha value is -2.23. The van der Waals surface area contributed by atoms with Crippen LogP contribution in [0.5, 0.6) is 17.2 Å². The topological polar surface area (TPSA) is 55.8 Å². The van der Waals surface area contributed by atoms with Crippen LogP contribution >= 0.6 is 0 Å². The van der Waals surface area contributed by atoms with Crippen LogP contribution in [0.25, 0.3) is 10.8 Å². The van der Waals surface area contributed by atoms with Crippen LogP contribution in [0.2, 0.25) is 0 Å². The summed E-state index contributed by atoms with van der Waals surface area (Å²) in [6.07, 6.45) is 2.26. The summed E-state index contributed by atoms with van der Waals surface area (Å²) < 4.78 is 10.8. The second-order valence-corrected chi connectivity index (χ2v) is 4.97. The van der Waals surface area contributed by atoms with Crippen LogP contribution in [0, 0.1) is 0 Å². The van der Waals surface area contributed by atoms with Crippen molar-refractivity contribution in [3.63, 3.8) is 0 Å². The fourth-order valence-electron chi connectivity index (χ4n) is 2.94. The summed E-state index contributed by atoms with van der Waals surface area (Å²) in [7, 11) is 3.10. The first-order chi connectivity index (χ1) is 9.65. The van der Waals surface area contributed by atoms with Gasteiger partial charge in [0.15, 0.2) is 5.78 Å². The zero-order chi connectivity index (χ0) is 14.3. The number of carbonyl (C=O) groups excluding carboxylic acids is 1. The van der Waals surface area contributed by atoms with Gasteiger partial charge in [-0.2, -0.15) is 0 Å². The van der Waals surface area contributed by atoms with E-state index < -0.39 is 0 Å². The summed E-state index contributed by atoms with van der Waals surface area (Å²) in [6, 6.07) is 5.15. The Morgan fingerprint density at radius 1 is 1.10 bits per heavy atom. The van der Waals surface area contributed by atoms with Gasteiger partial charge in [0.2, 0.25) is 0 Å². The van der Waals surface area contributed by atoms with Crippen molar-refractivity contribution in [2.75, 3.05) is 14.2 Å². The average Bonchev–Trinajstić information content (AvgIpc) is 2.44. The van der Waals surface area contributed by atoms with Gasteiger partial charge >= 0.3 is 0 Å². The third-order valence-corrected chi connectivity index (χ3v) is 3.78. The van der Waals surface area contributed by atoms with Crippen LogP contribution in [0.3, 0.4) is 0 Å². The van der Waals surface area contributed by atoms with Crippen molar-refractivity contribution >= 4 is 16.6 Å². The molecule has 2 aromatic rings. The molecule has 0 aliphatic heterocycles. The minimum Gasteiger partial charge on any atom is -0.508 e. The van der Waals surface area contributed by atoms with Gasteiger partial charge in [0.1, 0.15) is 17.2 Å². The number of methoxy groups -OCH3 is 2. The lowest BCUT2D eigenvalue weighted by atomic mass is 9.87. The number of Topliss-reactive ketones (excluding diaryl/α,β-unsaturated/α-hetero) is 1. The first-order valence-corrected chi connectivity index (χ1v) is 6.59. The predicted molar refractivity (Wildman–Crippen MR) is 76.0 cm³/mol. The van der Waals surface area contributed by atoms with Gasteiger partial charge in [-0.25, -0.2) is 0 Å². The maximum atomic E-state index is 12.2. The molecule has 0 atom stereocenters. The van der Waals surface area contributed by atoms with Crippen LogP contribution in [-0.2, 0) is 6.42 Å². The van der Waals surface area contributed by atoms with Crippen molar-refractivity contribution in [1.82, 2.24) is 0 Å². The maximum Gasteiger partial charge on any atom is 0.166 e. The highest BCUT2D eigenvalue weighted by Gasteiger charge is 2.25. The van der Waals surface area contributed by atoms with Gasteiger partial charge in [0.25, 0.3) is 0 Å². The number of carbonyl (C=O) groups is 1. The maximum absolute atomic E-state index is 12.2. The van der Waals surface area contributed by atoms with Gasteiger partial charge < -0.3 is 14.6 Å². The van der Waals surface area contributed by atoms with E-state index in [2.05, 4.69) is 0 Å². The van der Waals surface area contributed by atoms with Crippen molar-refractivity contribution < 1.29 is 19.4 Å². The van der Waals surface area contributed by atoms with Gasteiger partial charge in [0.05, 0.1) is 25.2 Å². The van der Waals surface area contributed by atoms with Crippen molar-refractivity contribution in [2.45, 2.75) is 19.3 Å². The predicted octanol–water partition coefficient (Wildman–Crippen LogP) is 3.08. The molecule has 3 rings (SSSR count). The lowest BCUT2D eigenvalue weighted by Crippen LogP contribution is -2.13. The number of fused-ring (bicyclic) bond motifs is 2. The van der Waals surface area contributed by atoms with E-state index in [9.17, 15) is 9.90 Å². The Morgan fingerprint density at radius 3 is 2.60 bits per heavy atom. The van der Waals surface area contributed by atoms with E-state index >= 15 is 0 Å². The number of phenolic OH excluding ortho intramolecular Hbond substituents is 1. The van der Waals surface area contributed by atoms with Crippen molar-refractivity contribution in [3.05, 3.63) is 29.3 Å². The molecule has 0 aromatic heterocycles. The molecule has 1 aliphatic carbocycles. The molecular formula is C16H16O4. The van der Waals surface area contributed by atoms with Crippen LogP contribution in [0.1, 0.15) is 28.8 Å². The number of benzene rings is 2. The number of ether oxygens (including phenoxy) is 2. The lowest BCUT2D eigenvalue weighted by Gasteiger charge is -2.21. The van der Waals surface area contributed by atoms with Gasteiger partial charge in [-0.3, -0.25) is 4.79 Å². The largest absolute Gasteiger partial charge is 0.508 e. The van der Waals surface area contributed by atoms with E-state index in [1.807, 2.05) is 6.07 Å². The fourth-order valence-corrected chi connectivity index (χ4v) is 2.94. The molecule has 1 aliphatic rings. The molecular weight excluding hydrogens is 256 g/mol. The molecule has 4 nitrogen and oxygen atoms in total. The molecule has 0 spiro atoms. The van der Waals surface area contributed by atoms with Crippen molar-refractivity contribution in [1.29, 1.82) is 0 Å². The summed E-state index contributed by atoms with van der Waals surface area (Å²) in [4.78, 5) is 12.2. The first kappa shape index (κ1) is 12.8. The Bertz CT molecular complexity index is 703. The van der Waals surface area contributed by atoms with Gasteiger partial charge in [0, 0.05) is 12.5 Å². The third-order valence-electron chi connectivity index (χ3n) is 3.78. The minimum atomic E-state index is 0.111. The lowest BCUT2D eigenvalue weighted by molar-refractivity contribution is 0.0969. The summed E-state index contributed by atoms with van der Waals surface area (Å²) in [5.41, 5.74) is 1.65. The normalized spacial score (nSPS) is 14.2. The van der Waals surface area contributed by atoms with E-state index in [0.717, 1.165) is 29.2 Å². The van der Waals surface area contributed by atoms with E-state index in [1.165, 1.54) is 13.2 Å². The Kier molecular flexibility index (Phi) is 3.01. The highest BCUT2D eigenvalue weighted by atomic mass is 16.5. The third kappa shape index (κ3) is 1.80. The number of hydrogen-bond donors (Lipinski definition) is 1. The van der Waals surface area contributed by atoms with E-state index in [1.54, 1.807) is 13.2 Å². The van der Waals surface area contributed by atoms with Gasteiger partial charge in [-0.15, -0.1) is 0 Å². The van der Waals surface area contributed by atoms with E-state index in [0.29, 0.717) is 23.5 Å². The summed E-state index contributed by atoms with van der Waals surface area (Å²) in [5, 5.41) is 11.3. The minimum absolute atomic E-state index is 0.111. The molecule has 0 bridgehead atoms. The molecule has 0 amide bonds. The fraction of sp³-hybridized carbons (Fsp3) is 0.312. The molecule has 0 radical (unpaired) electrons. The number of hydrogen-bond acceptors (Lipinski definition) is 4. The molecule has 0 saturated carbocycles. The molecule has 2 aromatic carbocycles. The average molecular weight is 272 g/mol. The number of phenols is 1. The molecule has 4 heteroatoms. The van der Waals surface area contributed by atoms with Gasteiger partial charge in [-0.05, 0) is 35.9 Å². The first-order valence-electron chi connectivity index (χ1n) is 6.59. The second kappa shape index (κ2) is 4.71. The zero-order valence-corrected chi connectivity index (χ0v) is 11.5. The second-order valence-electron chi connectivity index (χ2n) is 4.97. The van der Waals surface area contributed by atoms with Crippen LogP contribution in [-0.4, -0.2) is 25.1 Å². The number of aryl methyl sites for hydroxylation is 1. The number of aromatic hydroxyl groups is 1. The SMILES string of the molecule is COc1cc(O)cc2cc3c(c(OC)c12)C(=O)CCC3. The molecule has 0 saturated heterocycles. The summed E-state index contributed by atoms with van der Waals surface area (Å²) in [6.45, 7) is 0. The van der Waals surface area contributed by atoms with Crippen molar-refractivity contribution in [3.8, 4) is 17.2 Å². The van der Waals surface area contributed by atoms with E-state index in [-0.39, 0.29) is 11.5 Å². The summed E-state index contributed by atoms with van der Waals surface area (Å²) >= 11 is 0. The van der Waals surface area contributed by atoms with Crippen molar-refractivity contribution in [2.24, 2.45) is 0 Å². The smallest absolute Gasteiger partial charge is 0.166 e. The Balaban J connectivity index is 2.45. The molecule has 20 heavy (non-hydrogen) atoms.